The van der Waals surface area contributed by atoms with Crippen LogP contribution in [0.2, 0.25) is 0 Å². The predicted molar refractivity (Wildman–Crippen MR) is 121 cm³/mol. The van der Waals surface area contributed by atoms with Crippen LogP contribution in [0, 0.1) is 0 Å². The lowest BCUT2D eigenvalue weighted by atomic mass is 10.0. The lowest BCUT2D eigenvalue weighted by Crippen LogP contribution is -2.15. The molecule has 1 aromatic heterocycles. The molecule has 0 aliphatic carbocycles. The Bertz CT molecular complexity index is 1360. The Labute approximate surface area is 189 Å². The first-order chi connectivity index (χ1) is 16.2. The van der Waals surface area contributed by atoms with Crippen molar-refractivity contribution in [2.45, 2.75) is 6.61 Å². The minimum Gasteiger partial charge on any atom is -0.486 e. The summed E-state index contributed by atoms with van der Waals surface area (Å²) in [6, 6.07) is 19.6. The Morgan fingerprint density at radius 1 is 0.909 bits per heavy atom. The van der Waals surface area contributed by atoms with Crippen LogP contribution >= 0.6 is 0 Å². The third kappa shape index (κ3) is 4.52. The number of benzene rings is 3. The van der Waals surface area contributed by atoms with Gasteiger partial charge in [-0.25, -0.2) is 4.79 Å². The smallest absolute Gasteiger partial charge is 0.344 e. The van der Waals surface area contributed by atoms with Crippen molar-refractivity contribution in [1.29, 1.82) is 0 Å². The molecule has 166 valence electrons. The maximum absolute atomic E-state index is 13.0. The summed E-state index contributed by atoms with van der Waals surface area (Å²) in [5, 5.41) is 0.404. The topological polar surface area (TPSA) is 84.2 Å². The van der Waals surface area contributed by atoms with Gasteiger partial charge in [0.25, 0.3) is 0 Å². The van der Waals surface area contributed by atoms with Crippen LogP contribution in [0.3, 0.4) is 0 Å². The van der Waals surface area contributed by atoms with Gasteiger partial charge in [0.2, 0.25) is 0 Å². The highest BCUT2D eigenvalue weighted by Gasteiger charge is 2.16. The summed E-state index contributed by atoms with van der Waals surface area (Å²) in [5.41, 5.74) is 2.17. The average Bonchev–Trinajstić information content (AvgIpc) is 2.87. The molecule has 0 saturated carbocycles. The van der Waals surface area contributed by atoms with E-state index in [-0.39, 0.29) is 18.6 Å². The maximum atomic E-state index is 13.0. The number of hydrogen-bond acceptors (Lipinski definition) is 7. The Balaban J connectivity index is 1.29. The minimum atomic E-state index is -0.491. The van der Waals surface area contributed by atoms with E-state index in [4.69, 9.17) is 23.4 Å². The zero-order valence-electron chi connectivity index (χ0n) is 17.6. The Morgan fingerprint density at radius 3 is 2.58 bits per heavy atom. The lowest BCUT2D eigenvalue weighted by Gasteiger charge is -2.18. The van der Waals surface area contributed by atoms with Gasteiger partial charge in [-0.2, -0.15) is 0 Å². The molecule has 0 saturated heterocycles. The normalized spacial score (nSPS) is 12.4. The number of fused-ring (bicyclic) bond motifs is 2. The number of carbonyl (C=O) groups excluding carboxylic acids is 1. The zero-order chi connectivity index (χ0) is 22.6. The molecule has 0 radical (unpaired) electrons. The Kier molecular flexibility index (Phi) is 5.68. The summed E-state index contributed by atoms with van der Waals surface area (Å²) in [7, 11) is 0. The van der Waals surface area contributed by atoms with Crippen LogP contribution in [-0.4, -0.2) is 25.8 Å². The summed E-state index contributed by atoms with van der Waals surface area (Å²) >= 11 is 0. The summed E-state index contributed by atoms with van der Waals surface area (Å²) in [5.74, 6) is 1.16. The van der Waals surface area contributed by atoms with Crippen molar-refractivity contribution < 1.29 is 28.2 Å². The van der Waals surface area contributed by atoms with Crippen LogP contribution < -0.4 is 19.6 Å². The van der Waals surface area contributed by atoms with Crippen LogP contribution in [0.1, 0.15) is 5.56 Å². The average molecular weight is 444 g/mol. The number of hydrogen-bond donors (Lipinski definition) is 0. The first-order valence-corrected chi connectivity index (χ1v) is 10.5. The number of carbonyl (C=O) groups is 1. The highest BCUT2D eigenvalue weighted by Crippen LogP contribution is 2.34. The first kappa shape index (κ1) is 20.6. The van der Waals surface area contributed by atoms with Crippen molar-refractivity contribution in [2.75, 3.05) is 19.8 Å². The van der Waals surface area contributed by atoms with Gasteiger partial charge in [-0.1, -0.05) is 36.4 Å². The second-order valence-corrected chi connectivity index (χ2v) is 7.43. The van der Waals surface area contributed by atoms with E-state index in [1.165, 1.54) is 6.26 Å². The van der Waals surface area contributed by atoms with Gasteiger partial charge < -0.3 is 23.4 Å². The van der Waals surface area contributed by atoms with Crippen molar-refractivity contribution in [2.24, 2.45) is 0 Å². The molecule has 0 atom stereocenters. The van der Waals surface area contributed by atoms with Crippen LogP contribution in [0.25, 0.3) is 22.1 Å². The van der Waals surface area contributed by atoms with Crippen LogP contribution in [0.4, 0.5) is 0 Å². The molecule has 5 rings (SSSR count). The quantitative estimate of drug-likeness (QED) is 0.409. The van der Waals surface area contributed by atoms with Gasteiger partial charge in [0, 0.05) is 6.07 Å². The van der Waals surface area contributed by atoms with Crippen molar-refractivity contribution in [3.8, 4) is 28.4 Å². The summed E-state index contributed by atoms with van der Waals surface area (Å²) < 4.78 is 27.6. The van der Waals surface area contributed by atoms with E-state index >= 15 is 0 Å². The highest BCUT2D eigenvalue weighted by molar-refractivity contribution is 5.83. The van der Waals surface area contributed by atoms with E-state index in [0.717, 1.165) is 5.56 Å². The summed E-state index contributed by atoms with van der Waals surface area (Å²) in [6.45, 7) is 0.890. The molecule has 33 heavy (non-hydrogen) atoms. The van der Waals surface area contributed by atoms with Gasteiger partial charge in [0.05, 0.1) is 10.9 Å². The van der Waals surface area contributed by atoms with Crippen molar-refractivity contribution >= 4 is 16.9 Å². The number of esters is 1. The van der Waals surface area contributed by atoms with Gasteiger partial charge in [-0.15, -0.1) is 0 Å². The van der Waals surface area contributed by atoms with E-state index in [2.05, 4.69) is 0 Å². The fraction of sp³-hybridized carbons (Fsp3) is 0.154. The molecule has 0 N–H and O–H groups in total. The molecular formula is C26H20O7. The largest absolute Gasteiger partial charge is 0.486 e. The molecule has 0 spiro atoms. The van der Waals surface area contributed by atoms with E-state index in [9.17, 15) is 9.59 Å². The number of ether oxygens (including phenoxy) is 4. The lowest BCUT2D eigenvalue weighted by molar-refractivity contribution is -0.147. The van der Waals surface area contributed by atoms with Gasteiger partial charge in [-0.05, 0) is 35.4 Å². The fourth-order valence-corrected chi connectivity index (χ4v) is 3.53. The second kappa shape index (κ2) is 9.08. The highest BCUT2D eigenvalue weighted by atomic mass is 16.6. The summed E-state index contributed by atoms with van der Waals surface area (Å²) in [4.78, 5) is 25.0. The zero-order valence-corrected chi connectivity index (χ0v) is 17.6. The van der Waals surface area contributed by atoms with E-state index < -0.39 is 5.97 Å². The minimum absolute atomic E-state index is 0.179. The Hall–Kier alpha value is -4.26. The molecule has 0 unspecified atom stereocenters. The van der Waals surface area contributed by atoms with E-state index in [1.54, 1.807) is 36.4 Å². The standard InChI is InChI=1S/C26H20O7/c27-25(33-14-17-4-2-1-3-5-17)16-31-19-7-8-20-23(13-19)32-15-21(26(20)28)18-6-9-22-24(12-18)30-11-10-29-22/h1-9,12-13,15H,10-11,14,16H2. The molecule has 0 bridgehead atoms. The molecule has 2 heterocycles. The first-order valence-electron chi connectivity index (χ1n) is 10.5. The molecule has 1 aliphatic rings. The fourth-order valence-electron chi connectivity index (χ4n) is 3.53. The third-order valence-corrected chi connectivity index (χ3v) is 5.20. The third-order valence-electron chi connectivity index (χ3n) is 5.20. The predicted octanol–water partition coefficient (Wildman–Crippen LogP) is 4.35. The monoisotopic (exact) mass is 444 g/mol. The van der Waals surface area contributed by atoms with Crippen LogP contribution in [0.5, 0.6) is 17.2 Å². The van der Waals surface area contributed by atoms with Gasteiger partial charge in [0.1, 0.15) is 37.4 Å². The maximum Gasteiger partial charge on any atom is 0.344 e. The summed E-state index contributed by atoms with van der Waals surface area (Å²) in [6.07, 6.45) is 1.41. The molecule has 7 heteroatoms. The molecule has 0 fully saturated rings. The van der Waals surface area contributed by atoms with Crippen LogP contribution in [-0.2, 0) is 16.1 Å². The molecule has 1 aliphatic heterocycles. The van der Waals surface area contributed by atoms with E-state index in [1.807, 2.05) is 30.3 Å². The van der Waals surface area contributed by atoms with Crippen molar-refractivity contribution in [1.82, 2.24) is 0 Å². The molecular weight excluding hydrogens is 424 g/mol. The molecule has 3 aromatic carbocycles. The van der Waals surface area contributed by atoms with E-state index in [0.29, 0.717) is 52.6 Å². The second-order valence-electron chi connectivity index (χ2n) is 7.43. The molecule has 4 aromatic rings. The SMILES string of the molecule is O=C(COc1ccc2c(=O)c(-c3ccc4c(c3)OCCO4)coc2c1)OCc1ccccc1. The Morgan fingerprint density at radius 2 is 1.73 bits per heavy atom. The van der Waals surface area contributed by atoms with Gasteiger partial charge >= 0.3 is 5.97 Å². The molecule has 7 nitrogen and oxygen atoms in total. The van der Waals surface area contributed by atoms with Crippen molar-refractivity contribution in [3.63, 3.8) is 0 Å². The van der Waals surface area contributed by atoms with Gasteiger partial charge in [0.15, 0.2) is 23.5 Å². The number of rotatable bonds is 6. The van der Waals surface area contributed by atoms with Crippen molar-refractivity contribution in [3.05, 3.63) is 88.8 Å². The van der Waals surface area contributed by atoms with Crippen LogP contribution in [0.15, 0.2) is 82.2 Å². The van der Waals surface area contributed by atoms with Gasteiger partial charge in [-0.3, -0.25) is 4.79 Å². The molecule has 0 amide bonds.